The lowest BCUT2D eigenvalue weighted by Gasteiger charge is -2.19. The molecule has 1 aromatic heterocycles. The minimum atomic E-state index is -1.09. The van der Waals surface area contributed by atoms with Gasteiger partial charge in [-0.1, -0.05) is 30.3 Å². The van der Waals surface area contributed by atoms with Crippen LogP contribution in [-0.4, -0.2) is 27.8 Å². The summed E-state index contributed by atoms with van der Waals surface area (Å²) in [6, 6.07) is 9.17. The molecule has 0 saturated heterocycles. The predicted molar refractivity (Wildman–Crippen MR) is 87.6 cm³/mol. The first-order valence-electron chi connectivity index (χ1n) is 7.01. The lowest BCUT2D eigenvalue weighted by molar-refractivity contribution is 0.0523. The van der Waals surface area contributed by atoms with E-state index in [1.54, 1.807) is 20.8 Å². The van der Waals surface area contributed by atoms with Gasteiger partial charge in [0.2, 0.25) is 0 Å². The van der Waals surface area contributed by atoms with Crippen LogP contribution in [0.4, 0.5) is 4.79 Å². The molecule has 0 saturated carbocycles. The van der Waals surface area contributed by atoms with E-state index in [0.717, 1.165) is 5.56 Å². The van der Waals surface area contributed by atoms with Crippen molar-refractivity contribution >= 4 is 23.4 Å². The van der Waals surface area contributed by atoms with Gasteiger partial charge in [0.1, 0.15) is 10.6 Å². The summed E-state index contributed by atoms with van der Waals surface area (Å²) in [6.45, 7) is 5.43. The summed E-state index contributed by atoms with van der Waals surface area (Å²) in [6.07, 6.45) is -0.564. The van der Waals surface area contributed by atoms with Gasteiger partial charge in [-0.05, 0) is 26.3 Å². The molecular formula is C16H18N2O4S. The van der Waals surface area contributed by atoms with Gasteiger partial charge in [-0.25, -0.2) is 14.6 Å². The van der Waals surface area contributed by atoms with Gasteiger partial charge >= 0.3 is 12.1 Å². The Morgan fingerprint density at radius 3 is 2.48 bits per heavy atom. The van der Waals surface area contributed by atoms with Crippen molar-refractivity contribution in [1.29, 1.82) is 0 Å². The molecule has 0 bridgehead atoms. The summed E-state index contributed by atoms with van der Waals surface area (Å²) in [5, 5.41) is 12.4. The maximum atomic E-state index is 11.7. The molecule has 0 aliphatic heterocycles. The summed E-state index contributed by atoms with van der Waals surface area (Å²) in [7, 11) is 0. The average molecular weight is 334 g/mol. The molecule has 0 atom stereocenters. The van der Waals surface area contributed by atoms with E-state index in [0.29, 0.717) is 9.88 Å². The smallest absolute Gasteiger partial charge is 0.408 e. The van der Waals surface area contributed by atoms with Gasteiger partial charge in [0, 0.05) is 0 Å². The molecule has 1 aromatic carbocycles. The molecule has 0 spiro atoms. The van der Waals surface area contributed by atoms with E-state index in [1.807, 2.05) is 30.3 Å². The molecule has 2 N–H and O–H groups in total. The van der Waals surface area contributed by atoms with Crippen molar-refractivity contribution in [2.75, 3.05) is 0 Å². The number of hydrogen-bond donors (Lipinski definition) is 2. The van der Waals surface area contributed by atoms with Crippen LogP contribution in [0.2, 0.25) is 0 Å². The third kappa shape index (κ3) is 4.79. The number of thiazole rings is 1. The SMILES string of the molecule is CC(C)(C)OC(=O)NCc1nc(C(=O)O)c(-c2ccccc2)s1. The highest BCUT2D eigenvalue weighted by atomic mass is 32.1. The average Bonchev–Trinajstić information content (AvgIpc) is 2.89. The van der Waals surface area contributed by atoms with Gasteiger partial charge in [0.05, 0.1) is 11.4 Å². The van der Waals surface area contributed by atoms with Gasteiger partial charge < -0.3 is 15.2 Å². The maximum absolute atomic E-state index is 11.7. The molecule has 0 fully saturated rings. The number of benzene rings is 1. The Morgan fingerprint density at radius 2 is 1.91 bits per heavy atom. The predicted octanol–water partition coefficient (Wildman–Crippen LogP) is 3.53. The van der Waals surface area contributed by atoms with E-state index in [1.165, 1.54) is 11.3 Å². The fraction of sp³-hybridized carbons (Fsp3) is 0.312. The van der Waals surface area contributed by atoms with Crippen LogP contribution < -0.4 is 5.32 Å². The first-order valence-corrected chi connectivity index (χ1v) is 7.83. The second-order valence-corrected chi connectivity index (χ2v) is 6.90. The summed E-state index contributed by atoms with van der Waals surface area (Å²) in [4.78, 5) is 27.7. The van der Waals surface area contributed by atoms with Crippen molar-refractivity contribution in [1.82, 2.24) is 10.3 Å². The summed E-state index contributed by atoms with van der Waals surface area (Å²) >= 11 is 1.24. The van der Waals surface area contributed by atoms with Crippen LogP contribution >= 0.6 is 11.3 Å². The number of carboxylic acids is 1. The molecule has 1 amide bonds. The zero-order valence-corrected chi connectivity index (χ0v) is 13.9. The van der Waals surface area contributed by atoms with E-state index in [9.17, 15) is 14.7 Å². The molecule has 7 heteroatoms. The number of carboxylic acid groups (broad SMARTS) is 1. The second-order valence-electron chi connectivity index (χ2n) is 5.81. The minimum absolute atomic E-state index is 0.0119. The number of hydrogen-bond acceptors (Lipinski definition) is 5. The lowest BCUT2D eigenvalue weighted by Crippen LogP contribution is -2.32. The zero-order chi connectivity index (χ0) is 17.0. The quantitative estimate of drug-likeness (QED) is 0.893. The van der Waals surface area contributed by atoms with Crippen molar-refractivity contribution < 1.29 is 19.4 Å². The van der Waals surface area contributed by atoms with Crippen molar-refractivity contribution in [3.8, 4) is 10.4 Å². The Labute approximate surface area is 138 Å². The molecule has 0 aliphatic rings. The molecule has 6 nitrogen and oxygen atoms in total. The van der Waals surface area contributed by atoms with Gasteiger partial charge in [0.15, 0.2) is 5.69 Å². The normalized spacial score (nSPS) is 11.1. The van der Waals surface area contributed by atoms with E-state index in [-0.39, 0.29) is 12.2 Å². The molecule has 0 unspecified atom stereocenters. The van der Waals surface area contributed by atoms with Crippen LogP contribution in [0.3, 0.4) is 0 Å². The number of alkyl carbamates (subject to hydrolysis) is 1. The highest BCUT2D eigenvalue weighted by molar-refractivity contribution is 7.15. The van der Waals surface area contributed by atoms with Crippen LogP contribution in [0, 0.1) is 0 Å². The molecule has 1 heterocycles. The number of carbonyl (C=O) groups excluding carboxylic acids is 1. The second kappa shape index (κ2) is 6.78. The highest BCUT2D eigenvalue weighted by Gasteiger charge is 2.20. The van der Waals surface area contributed by atoms with E-state index in [2.05, 4.69) is 10.3 Å². The molecule has 2 aromatic rings. The van der Waals surface area contributed by atoms with Gasteiger partial charge in [-0.3, -0.25) is 0 Å². The van der Waals surface area contributed by atoms with Crippen LogP contribution in [0.5, 0.6) is 0 Å². The monoisotopic (exact) mass is 334 g/mol. The van der Waals surface area contributed by atoms with Crippen LogP contribution in [0.15, 0.2) is 30.3 Å². The number of rotatable bonds is 4. The highest BCUT2D eigenvalue weighted by Crippen LogP contribution is 2.30. The molecule has 2 rings (SSSR count). The van der Waals surface area contributed by atoms with Crippen LogP contribution in [-0.2, 0) is 11.3 Å². The Hall–Kier alpha value is -2.41. The summed E-state index contributed by atoms with van der Waals surface area (Å²) in [5.74, 6) is -1.09. The van der Waals surface area contributed by atoms with Crippen molar-refractivity contribution in [3.63, 3.8) is 0 Å². The Bertz CT molecular complexity index is 705. The summed E-state index contributed by atoms with van der Waals surface area (Å²) in [5.41, 5.74) is 0.182. The first-order chi connectivity index (χ1) is 10.8. The summed E-state index contributed by atoms with van der Waals surface area (Å²) < 4.78 is 5.14. The number of ether oxygens (including phenoxy) is 1. The van der Waals surface area contributed by atoms with Gasteiger partial charge in [0.25, 0.3) is 0 Å². The largest absolute Gasteiger partial charge is 0.476 e. The van der Waals surface area contributed by atoms with Crippen molar-refractivity contribution in [2.45, 2.75) is 32.9 Å². The number of aromatic carboxylic acids is 1. The van der Waals surface area contributed by atoms with Crippen molar-refractivity contribution in [2.24, 2.45) is 0 Å². The van der Waals surface area contributed by atoms with E-state index >= 15 is 0 Å². The molecular weight excluding hydrogens is 316 g/mol. The third-order valence-electron chi connectivity index (χ3n) is 2.69. The standard InChI is InChI=1S/C16H18N2O4S/c1-16(2,3)22-15(21)17-9-11-18-12(14(19)20)13(23-11)10-7-5-4-6-8-10/h4-8H,9H2,1-3H3,(H,17,21)(H,19,20). The number of amides is 1. The minimum Gasteiger partial charge on any atom is -0.476 e. The van der Waals surface area contributed by atoms with Gasteiger partial charge in [-0.2, -0.15) is 0 Å². The van der Waals surface area contributed by atoms with Gasteiger partial charge in [-0.15, -0.1) is 11.3 Å². The Kier molecular flexibility index (Phi) is 5.00. The van der Waals surface area contributed by atoms with Crippen molar-refractivity contribution in [3.05, 3.63) is 41.0 Å². The molecule has 122 valence electrons. The number of aromatic nitrogens is 1. The number of carbonyl (C=O) groups is 2. The fourth-order valence-electron chi connectivity index (χ4n) is 1.83. The Morgan fingerprint density at radius 1 is 1.26 bits per heavy atom. The lowest BCUT2D eigenvalue weighted by atomic mass is 10.1. The number of nitrogens with zero attached hydrogens (tertiary/aromatic N) is 1. The molecule has 23 heavy (non-hydrogen) atoms. The number of nitrogens with one attached hydrogen (secondary N) is 1. The molecule has 0 aliphatic carbocycles. The zero-order valence-electron chi connectivity index (χ0n) is 13.1. The maximum Gasteiger partial charge on any atom is 0.408 e. The van der Waals surface area contributed by atoms with E-state index < -0.39 is 17.7 Å². The Balaban J connectivity index is 2.15. The first kappa shape index (κ1) is 17.0. The third-order valence-corrected chi connectivity index (χ3v) is 3.80. The topological polar surface area (TPSA) is 88.5 Å². The van der Waals surface area contributed by atoms with Crippen LogP contribution in [0.25, 0.3) is 10.4 Å². The molecule has 0 radical (unpaired) electrons. The van der Waals surface area contributed by atoms with E-state index in [4.69, 9.17) is 4.74 Å². The van der Waals surface area contributed by atoms with Crippen LogP contribution in [0.1, 0.15) is 36.3 Å². The fourth-order valence-corrected chi connectivity index (χ4v) is 2.83.